The van der Waals surface area contributed by atoms with Crippen LogP contribution in [0.5, 0.6) is 5.75 Å². The summed E-state index contributed by atoms with van der Waals surface area (Å²) in [6.45, 7) is -0.348. The van der Waals surface area contributed by atoms with E-state index in [1.54, 1.807) is 49.6 Å². The number of anilines is 1. The van der Waals surface area contributed by atoms with E-state index in [1.807, 2.05) is 0 Å². The maximum Gasteiger partial charge on any atom is 0.287 e. The SMILES string of the molecule is COc1ccc(N(C(=O)CNC(=O)c2ccco2)[C@@H](C(=O)NC2CCCC2)c2ccco2)cc1. The maximum atomic E-state index is 13.5. The molecule has 2 aromatic heterocycles. The largest absolute Gasteiger partial charge is 0.497 e. The van der Waals surface area contributed by atoms with Crippen LogP contribution in [0, 0.1) is 0 Å². The van der Waals surface area contributed by atoms with Crippen LogP contribution in [0.3, 0.4) is 0 Å². The van der Waals surface area contributed by atoms with Crippen LogP contribution >= 0.6 is 0 Å². The van der Waals surface area contributed by atoms with Gasteiger partial charge in [-0.3, -0.25) is 19.3 Å². The molecule has 1 fully saturated rings. The lowest BCUT2D eigenvalue weighted by Crippen LogP contribution is -2.49. The van der Waals surface area contributed by atoms with Gasteiger partial charge in [0.15, 0.2) is 11.8 Å². The topological polar surface area (TPSA) is 114 Å². The van der Waals surface area contributed by atoms with E-state index in [0.717, 1.165) is 25.7 Å². The van der Waals surface area contributed by atoms with Gasteiger partial charge in [0.05, 0.1) is 26.2 Å². The average molecular weight is 466 g/mol. The van der Waals surface area contributed by atoms with Crippen LogP contribution in [0.1, 0.15) is 48.0 Å². The molecule has 9 heteroatoms. The van der Waals surface area contributed by atoms with E-state index in [9.17, 15) is 14.4 Å². The molecular formula is C25H27N3O6. The molecule has 0 spiro atoms. The highest BCUT2D eigenvalue weighted by Crippen LogP contribution is 2.30. The molecule has 0 saturated heterocycles. The number of hydrogen-bond donors (Lipinski definition) is 2. The Morgan fingerprint density at radius 3 is 2.35 bits per heavy atom. The van der Waals surface area contributed by atoms with Gasteiger partial charge in [0.2, 0.25) is 5.91 Å². The lowest BCUT2D eigenvalue weighted by atomic mass is 10.1. The number of nitrogens with one attached hydrogen (secondary N) is 2. The molecule has 3 amide bonds. The van der Waals surface area contributed by atoms with Crippen LogP contribution in [0.15, 0.2) is 69.9 Å². The van der Waals surface area contributed by atoms with E-state index in [4.69, 9.17) is 13.6 Å². The summed E-state index contributed by atoms with van der Waals surface area (Å²) in [7, 11) is 1.54. The first-order valence-corrected chi connectivity index (χ1v) is 11.2. The minimum absolute atomic E-state index is 0.0523. The van der Waals surface area contributed by atoms with Gasteiger partial charge >= 0.3 is 0 Å². The third-order valence-corrected chi connectivity index (χ3v) is 5.79. The van der Waals surface area contributed by atoms with Gasteiger partial charge in [0, 0.05) is 11.7 Å². The maximum absolute atomic E-state index is 13.5. The van der Waals surface area contributed by atoms with E-state index in [-0.39, 0.29) is 24.3 Å². The van der Waals surface area contributed by atoms with Crippen LogP contribution in [-0.2, 0) is 9.59 Å². The molecule has 9 nitrogen and oxygen atoms in total. The van der Waals surface area contributed by atoms with E-state index >= 15 is 0 Å². The Labute approximate surface area is 197 Å². The number of carbonyl (C=O) groups is 3. The number of furan rings is 2. The molecule has 0 aliphatic heterocycles. The fourth-order valence-electron chi connectivity index (χ4n) is 4.09. The summed E-state index contributed by atoms with van der Waals surface area (Å²) in [5, 5.41) is 5.62. The van der Waals surface area contributed by atoms with E-state index in [1.165, 1.54) is 23.5 Å². The van der Waals surface area contributed by atoms with Gasteiger partial charge in [-0.1, -0.05) is 12.8 Å². The Kier molecular flexibility index (Phi) is 7.31. The van der Waals surface area contributed by atoms with Crippen molar-refractivity contribution in [3.8, 4) is 5.75 Å². The minimum atomic E-state index is -1.06. The standard InChI is InChI=1S/C25H27N3O6/c1-32-19-12-10-18(11-13-19)28(22(29)16-26-24(30)21-9-5-15-34-21)23(20-8-4-14-33-20)25(31)27-17-6-2-3-7-17/h4-5,8-15,17,23H,2-3,6-7,16H2,1H3,(H,26,30)(H,27,31)/t23-/m1/s1. The van der Waals surface area contributed by atoms with Crippen molar-refractivity contribution < 1.29 is 28.0 Å². The number of nitrogens with zero attached hydrogens (tertiary/aromatic N) is 1. The molecule has 1 atom stereocenters. The molecule has 4 rings (SSSR count). The van der Waals surface area contributed by atoms with Crippen molar-refractivity contribution in [3.05, 3.63) is 72.6 Å². The fourth-order valence-corrected chi connectivity index (χ4v) is 4.09. The summed E-state index contributed by atoms with van der Waals surface area (Å²) in [5.74, 6) is -0.357. The Bertz CT molecular complexity index is 1090. The van der Waals surface area contributed by atoms with Crippen molar-refractivity contribution in [1.82, 2.24) is 10.6 Å². The van der Waals surface area contributed by atoms with E-state index < -0.39 is 17.9 Å². The number of hydrogen-bond acceptors (Lipinski definition) is 6. The molecule has 1 aliphatic rings. The lowest BCUT2D eigenvalue weighted by Gasteiger charge is -2.31. The quantitative estimate of drug-likeness (QED) is 0.500. The van der Waals surface area contributed by atoms with E-state index in [0.29, 0.717) is 17.2 Å². The minimum Gasteiger partial charge on any atom is -0.497 e. The van der Waals surface area contributed by atoms with Gasteiger partial charge in [-0.2, -0.15) is 0 Å². The molecule has 34 heavy (non-hydrogen) atoms. The molecule has 1 saturated carbocycles. The second-order valence-corrected chi connectivity index (χ2v) is 8.03. The number of methoxy groups -OCH3 is 1. The zero-order chi connectivity index (χ0) is 23.9. The van der Waals surface area contributed by atoms with Crippen LogP contribution < -0.4 is 20.3 Å². The number of ether oxygens (including phenoxy) is 1. The Morgan fingerprint density at radius 2 is 1.74 bits per heavy atom. The summed E-state index contributed by atoms with van der Waals surface area (Å²) in [4.78, 5) is 40.6. The highest BCUT2D eigenvalue weighted by Gasteiger charge is 2.36. The first kappa shape index (κ1) is 23.2. The second-order valence-electron chi connectivity index (χ2n) is 8.03. The first-order chi connectivity index (χ1) is 16.6. The molecule has 0 radical (unpaired) electrons. The molecule has 1 aliphatic carbocycles. The summed E-state index contributed by atoms with van der Waals surface area (Å²) >= 11 is 0. The molecule has 0 bridgehead atoms. The second kappa shape index (κ2) is 10.7. The molecule has 178 valence electrons. The zero-order valence-electron chi connectivity index (χ0n) is 18.9. The van der Waals surface area contributed by atoms with Crippen LogP contribution in [0.2, 0.25) is 0 Å². The number of amides is 3. The Hall–Kier alpha value is -4.01. The van der Waals surface area contributed by atoms with Gasteiger partial charge in [-0.15, -0.1) is 0 Å². The molecule has 1 aromatic carbocycles. The van der Waals surface area contributed by atoms with Gasteiger partial charge in [-0.25, -0.2) is 0 Å². The highest BCUT2D eigenvalue weighted by atomic mass is 16.5. The predicted molar refractivity (Wildman–Crippen MR) is 123 cm³/mol. The molecule has 2 N–H and O–H groups in total. The van der Waals surface area contributed by atoms with Gasteiger partial charge in [-0.05, 0) is 61.4 Å². The van der Waals surface area contributed by atoms with Crippen molar-refractivity contribution in [3.63, 3.8) is 0 Å². The summed E-state index contributed by atoms with van der Waals surface area (Å²) < 4.78 is 15.9. The zero-order valence-corrected chi connectivity index (χ0v) is 18.9. The monoisotopic (exact) mass is 465 g/mol. The van der Waals surface area contributed by atoms with Crippen molar-refractivity contribution in [2.24, 2.45) is 0 Å². The molecule has 2 heterocycles. The Balaban J connectivity index is 1.63. The normalized spacial score (nSPS) is 14.4. The third kappa shape index (κ3) is 5.31. The first-order valence-electron chi connectivity index (χ1n) is 11.2. The number of carbonyl (C=O) groups excluding carboxylic acids is 3. The van der Waals surface area contributed by atoms with Crippen LogP contribution in [0.4, 0.5) is 5.69 Å². The average Bonchev–Trinajstić information content (AvgIpc) is 3.64. The number of benzene rings is 1. The highest BCUT2D eigenvalue weighted by molar-refractivity contribution is 6.04. The van der Waals surface area contributed by atoms with Crippen molar-refractivity contribution >= 4 is 23.4 Å². The third-order valence-electron chi connectivity index (χ3n) is 5.79. The van der Waals surface area contributed by atoms with Crippen LogP contribution in [-0.4, -0.2) is 37.4 Å². The van der Waals surface area contributed by atoms with E-state index in [2.05, 4.69) is 10.6 Å². The van der Waals surface area contributed by atoms with Crippen LogP contribution in [0.25, 0.3) is 0 Å². The number of rotatable bonds is 9. The van der Waals surface area contributed by atoms with Gasteiger partial charge in [0.1, 0.15) is 11.5 Å². The summed E-state index contributed by atoms with van der Waals surface area (Å²) in [6.07, 6.45) is 6.73. The fraction of sp³-hybridized carbons (Fsp3) is 0.320. The van der Waals surface area contributed by atoms with Gasteiger partial charge < -0.3 is 24.2 Å². The van der Waals surface area contributed by atoms with Crippen molar-refractivity contribution in [2.75, 3.05) is 18.6 Å². The molecule has 3 aromatic rings. The predicted octanol–water partition coefficient (Wildman–Crippen LogP) is 3.44. The van der Waals surface area contributed by atoms with Gasteiger partial charge in [0.25, 0.3) is 11.8 Å². The molecule has 0 unspecified atom stereocenters. The van der Waals surface area contributed by atoms with Crippen molar-refractivity contribution in [2.45, 2.75) is 37.8 Å². The molecular weight excluding hydrogens is 438 g/mol. The smallest absolute Gasteiger partial charge is 0.287 e. The van der Waals surface area contributed by atoms with Crippen molar-refractivity contribution in [1.29, 1.82) is 0 Å². The summed E-state index contributed by atoms with van der Waals surface area (Å²) in [5.41, 5.74) is 0.459. The Morgan fingerprint density at radius 1 is 1.03 bits per heavy atom. The summed E-state index contributed by atoms with van der Waals surface area (Å²) in [6, 6.07) is 12.2. The lowest BCUT2D eigenvalue weighted by molar-refractivity contribution is -0.127.